The Hall–Kier alpha value is -2.77. The molecule has 1 aliphatic heterocycles. The van der Waals surface area contributed by atoms with Crippen LogP contribution in [-0.4, -0.2) is 50.9 Å². The molecule has 0 aliphatic carbocycles. The number of ether oxygens (including phenoxy) is 1. The lowest BCUT2D eigenvalue weighted by Gasteiger charge is -2.35. The number of carbonyl (C=O) groups is 1. The van der Waals surface area contributed by atoms with Crippen molar-refractivity contribution in [2.24, 2.45) is 7.05 Å². The third-order valence-corrected chi connectivity index (χ3v) is 5.24. The Labute approximate surface area is 170 Å². The maximum atomic E-state index is 12.6. The van der Waals surface area contributed by atoms with Crippen molar-refractivity contribution in [3.8, 4) is 0 Å². The number of pyridine rings is 1. The summed E-state index contributed by atoms with van der Waals surface area (Å²) >= 11 is 0. The summed E-state index contributed by atoms with van der Waals surface area (Å²) in [5.74, 6) is -0.145. The van der Waals surface area contributed by atoms with E-state index >= 15 is 0 Å². The molecule has 1 fully saturated rings. The standard InChI is InChI=1S/C22H27N5O2/c1-14-11-27(12-15(2)29-14)13-17-5-7-18(8-6-17)22(28)24-19-9-20-16(3)25-26(4)21(20)23-10-19/h5-10,14-15H,11-13H2,1-4H3,(H,24,28)/t14-,15+. The minimum Gasteiger partial charge on any atom is -0.373 e. The molecule has 0 spiro atoms. The van der Waals surface area contributed by atoms with E-state index in [1.807, 2.05) is 44.3 Å². The Morgan fingerprint density at radius 2 is 1.90 bits per heavy atom. The number of fused-ring (bicyclic) bond motifs is 1. The van der Waals surface area contributed by atoms with Gasteiger partial charge in [-0.25, -0.2) is 4.98 Å². The van der Waals surface area contributed by atoms with Crippen LogP contribution in [0.5, 0.6) is 0 Å². The van der Waals surface area contributed by atoms with Crippen LogP contribution in [0.25, 0.3) is 11.0 Å². The van der Waals surface area contributed by atoms with Crippen LogP contribution in [0, 0.1) is 6.92 Å². The molecule has 1 aromatic carbocycles. The molecule has 1 aliphatic rings. The number of hydrogen-bond acceptors (Lipinski definition) is 5. The average molecular weight is 393 g/mol. The van der Waals surface area contributed by atoms with Crippen molar-refractivity contribution in [3.63, 3.8) is 0 Å². The molecule has 0 bridgehead atoms. The molecule has 1 N–H and O–H groups in total. The fourth-order valence-electron chi connectivity index (χ4n) is 4.01. The van der Waals surface area contributed by atoms with E-state index in [2.05, 4.69) is 34.1 Å². The quantitative estimate of drug-likeness (QED) is 0.737. The van der Waals surface area contributed by atoms with E-state index in [-0.39, 0.29) is 18.1 Å². The topological polar surface area (TPSA) is 72.3 Å². The van der Waals surface area contributed by atoms with E-state index < -0.39 is 0 Å². The van der Waals surface area contributed by atoms with Gasteiger partial charge in [0.2, 0.25) is 0 Å². The first-order chi connectivity index (χ1) is 13.9. The third-order valence-electron chi connectivity index (χ3n) is 5.24. The number of benzene rings is 1. The van der Waals surface area contributed by atoms with Crippen LogP contribution in [-0.2, 0) is 18.3 Å². The fraction of sp³-hybridized carbons (Fsp3) is 0.409. The molecule has 7 nitrogen and oxygen atoms in total. The number of carbonyl (C=O) groups excluding carboxylic acids is 1. The molecule has 4 rings (SSSR count). The van der Waals surface area contributed by atoms with Gasteiger partial charge in [0.05, 0.1) is 29.8 Å². The molecule has 3 heterocycles. The minimum absolute atomic E-state index is 0.145. The highest BCUT2D eigenvalue weighted by Gasteiger charge is 2.22. The summed E-state index contributed by atoms with van der Waals surface area (Å²) in [5, 5.41) is 8.24. The fourth-order valence-corrected chi connectivity index (χ4v) is 4.01. The first-order valence-corrected chi connectivity index (χ1v) is 9.96. The molecule has 3 aromatic rings. The number of anilines is 1. The summed E-state index contributed by atoms with van der Waals surface area (Å²) in [7, 11) is 1.86. The van der Waals surface area contributed by atoms with Crippen LogP contribution in [0.1, 0.15) is 35.5 Å². The van der Waals surface area contributed by atoms with E-state index in [0.29, 0.717) is 11.3 Å². The van der Waals surface area contributed by atoms with E-state index in [0.717, 1.165) is 36.4 Å². The summed E-state index contributed by atoms with van der Waals surface area (Å²) in [6.45, 7) is 8.86. The van der Waals surface area contributed by atoms with Gasteiger partial charge in [0.25, 0.3) is 5.91 Å². The van der Waals surface area contributed by atoms with Crippen molar-refractivity contribution in [1.82, 2.24) is 19.7 Å². The number of nitrogens with one attached hydrogen (secondary N) is 1. The largest absolute Gasteiger partial charge is 0.373 e. The second-order valence-electron chi connectivity index (χ2n) is 7.91. The van der Waals surface area contributed by atoms with Crippen molar-refractivity contribution >= 4 is 22.6 Å². The molecule has 0 saturated carbocycles. The molecule has 1 amide bonds. The lowest BCUT2D eigenvalue weighted by atomic mass is 10.1. The number of aryl methyl sites for hydroxylation is 2. The highest BCUT2D eigenvalue weighted by atomic mass is 16.5. The maximum Gasteiger partial charge on any atom is 0.255 e. The first kappa shape index (κ1) is 19.5. The third kappa shape index (κ3) is 4.31. The number of aromatic nitrogens is 3. The summed E-state index contributed by atoms with van der Waals surface area (Å²) in [6, 6.07) is 9.70. The smallest absolute Gasteiger partial charge is 0.255 e. The van der Waals surface area contributed by atoms with Gasteiger partial charge in [-0.2, -0.15) is 5.10 Å². The molecule has 29 heavy (non-hydrogen) atoms. The second-order valence-corrected chi connectivity index (χ2v) is 7.91. The highest BCUT2D eigenvalue weighted by molar-refractivity contribution is 6.04. The summed E-state index contributed by atoms with van der Waals surface area (Å²) in [5.41, 5.74) is 4.18. The van der Waals surface area contributed by atoms with Crippen molar-refractivity contribution in [1.29, 1.82) is 0 Å². The monoisotopic (exact) mass is 393 g/mol. The highest BCUT2D eigenvalue weighted by Crippen LogP contribution is 2.20. The predicted octanol–water partition coefficient (Wildman–Crippen LogP) is 3.14. The summed E-state index contributed by atoms with van der Waals surface area (Å²) in [6.07, 6.45) is 2.16. The zero-order valence-electron chi connectivity index (χ0n) is 17.3. The van der Waals surface area contributed by atoms with Gasteiger partial charge in [-0.3, -0.25) is 14.4 Å². The number of rotatable bonds is 4. The number of nitrogens with zero attached hydrogens (tertiary/aromatic N) is 4. The molecule has 0 radical (unpaired) electrons. The first-order valence-electron chi connectivity index (χ1n) is 9.96. The molecular weight excluding hydrogens is 366 g/mol. The van der Waals surface area contributed by atoms with Gasteiger partial charge in [0.1, 0.15) is 0 Å². The second kappa shape index (κ2) is 7.93. The minimum atomic E-state index is -0.145. The molecule has 2 atom stereocenters. The normalized spacial score (nSPS) is 20.1. The van der Waals surface area contributed by atoms with Gasteiger partial charge >= 0.3 is 0 Å². The lowest BCUT2D eigenvalue weighted by molar-refractivity contribution is -0.0704. The molecular formula is C22H27N5O2. The van der Waals surface area contributed by atoms with Crippen molar-refractivity contribution in [3.05, 3.63) is 53.3 Å². The Morgan fingerprint density at radius 1 is 1.21 bits per heavy atom. The van der Waals surface area contributed by atoms with Gasteiger partial charge in [-0.15, -0.1) is 0 Å². The zero-order chi connectivity index (χ0) is 20.5. The maximum absolute atomic E-state index is 12.6. The van der Waals surface area contributed by atoms with Crippen LogP contribution in [0.15, 0.2) is 36.5 Å². The zero-order valence-corrected chi connectivity index (χ0v) is 17.3. The Morgan fingerprint density at radius 3 is 2.59 bits per heavy atom. The average Bonchev–Trinajstić information content (AvgIpc) is 2.95. The summed E-state index contributed by atoms with van der Waals surface area (Å²) in [4.78, 5) is 19.4. The van der Waals surface area contributed by atoms with Crippen LogP contribution >= 0.6 is 0 Å². The Balaban J connectivity index is 1.42. The van der Waals surface area contributed by atoms with Crippen LogP contribution < -0.4 is 5.32 Å². The van der Waals surface area contributed by atoms with Crippen LogP contribution in [0.2, 0.25) is 0 Å². The predicted molar refractivity (Wildman–Crippen MR) is 113 cm³/mol. The molecule has 152 valence electrons. The van der Waals surface area contributed by atoms with E-state index in [1.165, 1.54) is 5.56 Å². The molecule has 7 heteroatoms. The van der Waals surface area contributed by atoms with Gasteiger partial charge < -0.3 is 10.1 Å². The summed E-state index contributed by atoms with van der Waals surface area (Å²) < 4.78 is 7.53. The van der Waals surface area contributed by atoms with Crippen molar-refractivity contribution in [2.75, 3.05) is 18.4 Å². The van der Waals surface area contributed by atoms with Crippen molar-refractivity contribution in [2.45, 2.75) is 39.5 Å². The van der Waals surface area contributed by atoms with E-state index in [4.69, 9.17) is 4.74 Å². The molecule has 1 saturated heterocycles. The van der Waals surface area contributed by atoms with Gasteiger partial charge in [0.15, 0.2) is 5.65 Å². The number of hydrogen-bond donors (Lipinski definition) is 1. The number of amides is 1. The van der Waals surface area contributed by atoms with E-state index in [9.17, 15) is 4.79 Å². The number of morpholine rings is 1. The van der Waals surface area contributed by atoms with E-state index in [1.54, 1.807) is 10.9 Å². The van der Waals surface area contributed by atoms with Gasteiger partial charge in [-0.05, 0) is 44.5 Å². The molecule has 2 aromatic heterocycles. The lowest BCUT2D eigenvalue weighted by Crippen LogP contribution is -2.44. The van der Waals surface area contributed by atoms with Crippen LogP contribution in [0.3, 0.4) is 0 Å². The van der Waals surface area contributed by atoms with Gasteiger partial charge in [0, 0.05) is 37.6 Å². The Kier molecular flexibility index (Phi) is 5.34. The Bertz CT molecular complexity index is 1020. The molecule has 0 unspecified atom stereocenters. The SMILES string of the molecule is Cc1nn(C)c2ncc(NC(=O)c3ccc(CN4C[C@@H](C)O[C@@H](C)C4)cc3)cc12. The van der Waals surface area contributed by atoms with Crippen LogP contribution in [0.4, 0.5) is 5.69 Å². The van der Waals surface area contributed by atoms with Crippen molar-refractivity contribution < 1.29 is 9.53 Å². The van der Waals surface area contributed by atoms with Gasteiger partial charge in [-0.1, -0.05) is 12.1 Å².